The number of hydrogen-bond donors (Lipinski definition) is 0. The topological polar surface area (TPSA) is 60.9 Å². The highest BCUT2D eigenvalue weighted by atomic mass is 32.1. The van der Waals surface area contributed by atoms with Gasteiger partial charge < -0.3 is 19.1 Å². The SMILES string of the molecule is C[C@H]1N(C(=O)c2csc(-c3ccc4c(c3)OCO4)n2)CCC12CCOCC2. The Morgan fingerprint density at radius 1 is 1.22 bits per heavy atom. The van der Waals surface area contributed by atoms with Crippen LogP contribution in [0.3, 0.4) is 0 Å². The monoisotopic (exact) mass is 386 g/mol. The minimum Gasteiger partial charge on any atom is -0.454 e. The molecule has 27 heavy (non-hydrogen) atoms. The molecule has 2 aromatic rings. The molecule has 4 heterocycles. The number of rotatable bonds is 2. The maximum atomic E-state index is 13.1. The van der Waals surface area contributed by atoms with E-state index in [2.05, 4.69) is 11.9 Å². The van der Waals surface area contributed by atoms with Gasteiger partial charge in [0.2, 0.25) is 6.79 Å². The summed E-state index contributed by atoms with van der Waals surface area (Å²) in [6, 6.07) is 5.99. The fraction of sp³-hybridized carbons (Fsp3) is 0.500. The summed E-state index contributed by atoms with van der Waals surface area (Å²) in [6.45, 7) is 4.84. The largest absolute Gasteiger partial charge is 0.454 e. The lowest BCUT2D eigenvalue weighted by molar-refractivity contribution is 0.000113. The van der Waals surface area contributed by atoms with Crippen LogP contribution in [-0.2, 0) is 4.74 Å². The number of carbonyl (C=O) groups is 1. The Hall–Kier alpha value is -2.12. The number of carbonyl (C=O) groups excluding carboxylic acids is 1. The summed E-state index contributed by atoms with van der Waals surface area (Å²) in [5, 5.41) is 2.69. The van der Waals surface area contributed by atoms with Crippen LogP contribution in [0.2, 0.25) is 0 Å². The van der Waals surface area contributed by atoms with Gasteiger partial charge in [0.15, 0.2) is 11.5 Å². The van der Waals surface area contributed by atoms with Crippen LogP contribution in [0.25, 0.3) is 10.6 Å². The van der Waals surface area contributed by atoms with Gasteiger partial charge in [0.1, 0.15) is 10.7 Å². The van der Waals surface area contributed by atoms with Gasteiger partial charge in [0, 0.05) is 36.7 Å². The smallest absolute Gasteiger partial charge is 0.273 e. The number of nitrogens with zero attached hydrogens (tertiary/aromatic N) is 2. The molecule has 142 valence electrons. The molecule has 0 radical (unpaired) electrons. The van der Waals surface area contributed by atoms with E-state index >= 15 is 0 Å². The quantitative estimate of drug-likeness (QED) is 0.790. The zero-order valence-electron chi connectivity index (χ0n) is 15.3. The molecular formula is C20H22N2O4S. The highest BCUT2D eigenvalue weighted by Crippen LogP contribution is 2.45. The standard InChI is InChI=1S/C20H22N2O4S/c1-13-20(5-8-24-9-6-20)4-7-22(13)19(23)15-11-27-18(21-15)14-2-3-16-17(10-14)26-12-25-16/h2-3,10-11,13H,4-9,12H2,1H3/t13-/m1/s1. The number of ether oxygens (including phenoxy) is 3. The number of aromatic nitrogens is 1. The Labute approximate surface area is 162 Å². The summed E-state index contributed by atoms with van der Waals surface area (Å²) in [5.41, 5.74) is 1.69. The fourth-order valence-corrected chi connectivity index (χ4v) is 5.27. The molecule has 0 aliphatic carbocycles. The summed E-state index contributed by atoms with van der Waals surface area (Å²) < 4.78 is 16.3. The van der Waals surface area contributed by atoms with Crippen molar-refractivity contribution in [1.82, 2.24) is 9.88 Å². The number of fused-ring (bicyclic) bond motifs is 1. The predicted molar refractivity (Wildman–Crippen MR) is 101 cm³/mol. The van der Waals surface area contributed by atoms with Crippen LogP contribution in [-0.4, -0.2) is 48.4 Å². The fourth-order valence-electron chi connectivity index (χ4n) is 4.48. The normalized spacial score (nSPS) is 23.1. The molecule has 0 unspecified atom stereocenters. The van der Waals surface area contributed by atoms with Crippen molar-refractivity contribution in [2.45, 2.75) is 32.2 Å². The van der Waals surface area contributed by atoms with E-state index in [1.54, 1.807) is 0 Å². The van der Waals surface area contributed by atoms with Crippen LogP contribution in [0.4, 0.5) is 0 Å². The molecule has 0 N–H and O–H groups in total. The summed E-state index contributed by atoms with van der Waals surface area (Å²) >= 11 is 1.49. The molecule has 6 nitrogen and oxygen atoms in total. The van der Waals surface area contributed by atoms with E-state index in [1.165, 1.54) is 11.3 Å². The zero-order valence-corrected chi connectivity index (χ0v) is 16.1. The maximum absolute atomic E-state index is 13.1. The van der Waals surface area contributed by atoms with Gasteiger partial charge in [-0.15, -0.1) is 11.3 Å². The first-order valence-electron chi connectivity index (χ1n) is 9.41. The van der Waals surface area contributed by atoms with E-state index in [9.17, 15) is 4.79 Å². The first-order valence-corrected chi connectivity index (χ1v) is 10.3. The second-order valence-corrected chi connectivity index (χ2v) is 8.36. The second-order valence-electron chi connectivity index (χ2n) is 7.51. The van der Waals surface area contributed by atoms with Crippen LogP contribution in [0.15, 0.2) is 23.6 Å². The molecule has 1 atom stereocenters. The highest BCUT2D eigenvalue weighted by Gasteiger charge is 2.47. The molecule has 1 aromatic heterocycles. The van der Waals surface area contributed by atoms with Crippen molar-refractivity contribution in [3.8, 4) is 22.1 Å². The minimum absolute atomic E-state index is 0.0362. The molecule has 3 aliphatic heterocycles. The highest BCUT2D eigenvalue weighted by molar-refractivity contribution is 7.13. The number of amides is 1. The molecular weight excluding hydrogens is 364 g/mol. The van der Waals surface area contributed by atoms with Crippen LogP contribution >= 0.6 is 11.3 Å². The third-order valence-corrected chi connectivity index (χ3v) is 7.19. The van der Waals surface area contributed by atoms with Crippen LogP contribution in [0, 0.1) is 5.41 Å². The van der Waals surface area contributed by atoms with Crippen molar-refractivity contribution in [3.05, 3.63) is 29.3 Å². The van der Waals surface area contributed by atoms with Crippen LogP contribution in [0.5, 0.6) is 11.5 Å². The summed E-state index contributed by atoms with van der Waals surface area (Å²) in [5.74, 6) is 1.51. The van der Waals surface area contributed by atoms with Gasteiger partial charge >= 0.3 is 0 Å². The van der Waals surface area contributed by atoms with Crippen molar-refractivity contribution in [2.24, 2.45) is 5.41 Å². The van der Waals surface area contributed by atoms with Crippen LogP contribution in [0.1, 0.15) is 36.7 Å². The number of thiazole rings is 1. The molecule has 3 aliphatic rings. The van der Waals surface area contributed by atoms with Crippen molar-refractivity contribution < 1.29 is 19.0 Å². The Balaban J connectivity index is 1.36. The van der Waals surface area contributed by atoms with Gasteiger partial charge in [-0.25, -0.2) is 4.98 Å². The van der Waals surface area contributed by atoms with Gasteiger partial charge in [-0.3, -0.25) is 4.79 Å². The van der Waals surface area contributed by atoms with Gasteiger partial charge in [-0.2, -0.15) is 0 Å². The summed E-state index contributed by atoms with van der Waals surface area (Å²) in [6.07, 6.45) is 3.14. The van der Waals surface area contributed by atoms with Crippen molar-refractivity contribution in [1.29, 1.82) is 0 Å². The van der Waals surface area contributed by atoms with Gasteiger partial charge in [-0.1, -0.05) is 0 Å². The van der Waals surface area contributed by atoms with Crippen molar-refractivity contribution in [2.75, 3.05) is 26.6 Å². The zero-order chi connectivity index (χ0) is 18.4. The Kier molecular flexibility index (Phi) is 4.09. The van der Waals surface area contributed by atoms with E-state index in [0.29, 0.717) is 5.69 Å². The number of benzene rings is 1. The third-order valence-electron chi connectivity index (χ3n) is 6.30. The lowest BCUT2D eigenvalue weighted by Gasteiger charge is -2.38. The van der Waals surface area contributed by atoms with Crippen molar-refractivity contribution >= 4 is 17.2 Å². The van der Waals surface area contributed by atoms with E-state index < -0.39 is 0 Å². The molecule has 7 heteroatoms. The first kappa shape index (κ1) is 17.0. The van der Waals surface area contributed by atoms with E-state index in [4.69, 9.17) is 14.2 Å². The Morgan fingerprint density at radius 2 is 2.04 bits per heavy atom. The van der Waals surface area contributed by atoms with Gasteiger partial charge in [0.25, 0.3) is 5.91 Å². The van der Waals surface area contributed by atoms with E-state index in [0.717, 1.165) is 61.1 Å². The summed E-state index contributed by atoms with van der Waals surface area (Å²) in [7, 11) is 0. The lowest BCUT2D eigenvalue weighted by atomic mass is 9.74. The molecule has 2 fully saturated rings. The molecule has 2 saturated heterocycles. The van der Waals surface area contributed by atoms with Crippen molar-refractivity contribution in [3.63, 3.8) is 0 Å². The molecule has 1 spiro atoms. The van der Waals surface area contributed by atoms with Gasteiger partial charge in [0.05, 0.1) is 0 Å². The molecule has 1 aromatic carbocycles. The van der Waals surface area contributed by atoms with Gasteiger partial charge in [-0.05, 0) is 49.8 Å². The Morgan fingerprint density at radius 3 is 2.89 bits per heavy atom. The molecule has 0 saturated carbocycles. The van der Waals surface area contributed by atoms with Crippen LogP contribution < -0.4 is 9.47 Å². The van der Waals surface area contributed by atoms with E-state index in [1.807, 2.05) is 28.5 Å². The average molecular weight is 386 g/mol. The first-order chi connectivity index (χ1) is 13.2. The molecule has 5 rings (SSSR count). The van der Waals surface area contributed by atoms with E-state index in [-0.39, 0.29) is 24.2 Å². The predicted octanol–water partition coefficient (Wildman–Crippen LogP) is 3.57. The molecule has 0 bridgehead atoms. The number of hydrogen-bond acceptors (Lipinski definition) is 6. The summed E-state index contributed by atoms with van der Waals surface area (Å²) in [4.78, 5) is 19.7. The maximum Gasteiger partial charge on any atom is 0.273 e. The average Bonchev–Trinajstić information content (AvgIpc) is 3.42. The third kappa shape index (κ3) is 2.80. The second kappa shape index (κ2) is 6.49. The number of likely N-dealkylation sites (tertiary alicyclic amines) is 1. The minimum atomic E-state index is 0.0362. The molecule has 1 amide bonds. The lowest BCUT2D eigenvalue weighted by Crippen LogP contribution is -2.43. The Bertz CT molecular complexity index is 875.